The second-order valence-electron chi connectivity index (χ2n) is 5.90. The van der Waals surface area contributed by atoms with Gasteiger partial charge in [0.1, 0.15) is 18.2 Å². The number of carboxylic acid groups (broad SMARTS) is 1. The van der Waals surface area contributed by atoms with Gasteiger partial charge in [-0.05, 0) is 30.7 Å². The zero-order valence-corrected chi connectivity index (χ0v) is 14.4. The Kier molecular flexibility index (Phi) is 6.33. The van der Waals surface area contributed by atoms with E-state index in [9.17, 15) is 14.4 Å². The Labute approximate surface area is 144 Å². The number of carbonyl (C=O) groups excluding carboxylic acids is 2. The third-order valence-electron chi connectivity index (χ3n) is 4.02. The minimum absolute atomic E-state index is 0.383. The summed E-state index contributed by atoms with van der Waals surface area (Å²) in [5.41, 5.74) is 6.83. The van der Waals surface area contributed by atoms with Crippen molar-refractivity contribution in [2.75, 3.05) is 18.5 Å². The zero-order chi connectivity index (χ0) is 17.7. The smallest absolute Gasteiger partial charge is 0.329 e. The normalized spacial score (nSPS) is 16.5. The van der Waals surface area contributed by atoms with Crippen molar-refractivity contribution >= 4 is 34.1 Å². The van der Waals surface area contributed by atoms with Crippen molar-refractivity contribution in [1.82, 2.24) is 0 Å². The summed E-state index contributed by atoms with van der Waals surface area (Å²) in [5, 5.41) is 11.6. The van der Waals surface area contributed by atoms with Gasteiger partial charge in [-0.25, -0.2) is 4.79 Å². The first-order chi connectivity index (χ1) is 11.4. The fraction of sp³-hybridized carbons (Fsp3) is 0.562. The van der Waals surface area contributed by atoms with Crippen LogP contribution >= 0.6 is 11.3 Å². The molecule has 7 nitrogen and oxygen atoms in total. The van der Waals surface area contributed by atoms with Crippen LogP contribution in [0.1, 0.15) is 47.0 Å². The highest BCUT2D eigenvalue weighted by Crippen LogP contribution is 2.40. The van der Waals surface area contributed by atoms with Crippen LogP contribution in [0.25, 0.3) is 0 Å². The number of carbonyl (C=O) groups is 3. The van der Waals surface area contributed by atoms with Gasteiger partial charge in [0.2, 0.25) is 0 Å². The van der Waals surface area contributed by atoms with Gasteiger partial charge in [-0.3, -0.25) is 9.59 Å². The number of thiophene rings is 1. The van der Waals surface area contributed by atoms with Gasteiger partial charge in [-0.2, -0.15) is 0 Å². The van der Waals surface area contributed by atoms with E-state index < -0.39 is 24.4 Å². The van der Waals surface area contributed by atoms with Crippen molar-refractivity contribution < 1.29 is 24.2 Å². The van der Waals surface area contributed by atoms with E-state index in [-0.39, 0.29) is 6.61 Å². The average molecular weight is 354 g/mol. The number of fused-ring (bicyclic) bond motifs is 1. The molecule has 0 bridgehead atoms. The average Bonchev–Trinajstić information content (AvgIpc) is 2.84. The Bertz CT molecular complexity index is 641. The number of hydrogen-bond acceptors (Lipinski definition) is 5. The van der Waals surface area contributed by atoms with Crippen LogP contribution in [0.5, 0.6) is 0 Å². The summed E-state index contributed by atoms with van der Waals surface area (Å²) >= 11 is 1.38. The van der Waals surface area contributed by atoms with Crippen LogP contribution in [-0.4, -0.2) is 36.1 Å². The van der Waals surface area contributed by atoms with Crippen LogP contribution in [0.3, 0.4) is 0 Å². The summed E-state index contributed by atoms with van der Waals surface area (Å²) in [5.74, 6) is -1.59. The largest absolute Gasteiger partial charge is 0.480 e. The minimum Gasteiger partial charge on any atom is -0.480 e. The van der Waals surface area contributed by atoms with Crippen molar-refractivity contribution in [2.45, 2.75) is 39.0 Å². The first kappa shape index (κ1) is 18.4. The molecule has 2 rings (SSSR count). The molecule has 1 heterocycles. The van der Waals surface area contributed by atoms with Crippen LogP contribution in [0.15, 0.2) is 0 Å². The minimum atomic E-state index is -1.14. The molecule has 1 aliphatic rings. The lowest BCUT2D eigenvalue weighted by molar-refractivity contribution is -0.143. The summed E-state index contributed by atoms with van der Waals surface area (Å²) in [4.78, 5) is 35.2. The van der Waals surface area contributed by atoms with Gasteiger partial charge >= 0.3 is 5.97 Å². The van der Waals surface area contributed by atoms with Gasteiger partial charge < -0.3 is 20.9 Å². The van der Waals surface area contributed by atoms with E-state index in [1.54, 1.807) is 0 Å². The number of nitrogens with two attached hydrogens (primary N) is 1. The third kappa shape index (κ3) is 4.55. The number of hydrogen-bond donors (Lipinski definition) is 3. The maximum absolute atomic E-state index is 11.9. The highest BCUT2D eigenvalue weighted by Gasteiger charge is 2.28. The van der Waals surface area contributed by atoms with Crippen molar-refractivity contribution in [3.8, 4) is 0 Å². The summed E-state index contributed by atoms with van der Waals surface area (Å²) in [6, 6.07) is 0. The molecule has 0 radical (unpaired) electrons. The number of carboxylic acids is 1. The molecular formula is C16H22N2O5S. The number of anilines is 1. The summed E-state index contributed by atoms with van der Waals surface area (Å²) in [6.07, 6.45) is 4.99. The maximum atomic E-state index is 11.9. The zero-order valence-electron chi connectivity index (χ0n) is 13.6. The van der Waals surface area contributed by atoms with Gasteiger partial charge in [0.25, 0.3) is 11.8 Å². The molecule has 0 saturated carbocycles. The number of ether oxygens (including phenoxy) is 1. The molecule has 0 aromatic carbocycles. The Balaban J connectivity index is 2.11. The van der Waals surface area contributed by atoms with E-state index in [0.717, 1.165) is 42.5 Å². The molecule has 0 fully saturated rings. The summed E-state index contributed by atoms with van der Waals surface area (Å²) in [6.45, 7) is 1.23. The summed E-state index contributed by atoms with van der Waals surface area (Å²) < 4.78 is 4.76. The molecule has 132 valence electrons. The van der Waals surface area contributed by atoms with Gasteiger partial charge in [0.05, 0.1) is 5.56 Å². The molecule has 2 amide bonds. The number of rotatable bonds is 8. The fourth-order valence-corrected chi connectivity index (χ4v) is 4.43. The molecule has 1 aliphatic carbocycles. The highest BCUT2D eigenvalue weighted by atomic mass is 32.1. The van der Waals surface area contributed by atoms with Crippen molar-refractivity contribution in [3.05, 3.63) is 16.0 Å². The SMILES string of the molecule is CCCC1CCc2c(sc(NC(=O)COCC(=O)O)c2C(N)=O)C1. The number of nitrogens with one attached hydrogen (secondary N) is 1. The van der Waals surface area contributed by atoms with Crippen LogP contribution in [-0.2, 0) is 27.2 Å². The van der Waals surface area contributed by atoms with E-state index in [1.165, 1.54) is 11.3 Å². The Morgan fingerprint density at radius 3 is 2.75 bits per heavy atom. The third-order valence-corrected chi connectivity index (χ3v) is 5.19. The fourth-order valence-electron chi connectivity index (χ4n) is 3.05. The Morgan fingerprint density at radius 1 is 1.38 bits per heavy atom. The molecule has 1 unspecified atom stereocenters. The highest BCUT2D eigenvalue weighted by molar-refractivity contribution is 7.17. The van der Waals surface area contributed by atoms with Crippen LogP contribution in [0.4, 0.5) is 5.00 Å². The van der Waals surface area contributed by atoms with Gasteiger partial charge in [0, 0.05) is 4.88 Å². The van der Waals surface area contributed by atoms with E-state index in [4.69, 9.17) is 15.6 Å². The topological polar surface area (TPSA) is 119 Å². The second kappa shape index (κ2) is 8.25. The molecule has 0 saturated heterocycles. The van der Waals surface area contributed by atoms with Crippen molar-refractivity contribution in [2.24, 2.45) is 11.7 Å². The molecule has 1 aromatic rings. The van der Waals surface area contributed by atoms with Crippen LogP contribution < -0.4 is 11.1 Å². The predicted octanol–water partition coefficient (Wildman–Crippen LogP) is 1.79. The molecule has 24 heavy (non-hydrogen) atoms. The number of primary amides is 1. The maximum Gasteiger partial charge on any atom is 0.329 e. The van der Waals surface area contributed by atoms with Gasteiger partial charge in [-0.15, -0.1) is 11.3 Å². The second-order valence-corrected chi connectivity index (χ2v) is 7.01. The van der Waals surface area contributed by atoms with Crippen molar-refractivity contribution in [3.63, 3.8) is 0 Å². The summed E-state index contributed by atoms with van der Waals surface area (Å²) in [7, 11) is 0. The standard InChI is InChI=1S/C16H22N2O5S/c1-2-3-9-4-5-10-11(6-9)24-16(14(10)15(17)22)18-12(19)7-23-8-13(20)21/h9H,2-8H2,1H3,(H2,17,22)(H,18,19)(H,20,21). The number of amides is 2. The molecule has 1 aromatic heterocycles. The first-order valence-corrected chi connectivity index (χ1v) is 8.77. The Hall–Kier alpha value is -1.93. The van der Waals surface area contributed by atoms with E-state index in [0.29, 0.717) is 16.5 Å². The molecule has 0 aliphatic heterocycles. The lowest BCUT2D eigenvalue weighted by Crippen LogP contribution is -2.23. The molecule has 8 heteroatoms. The lowest BCUT2D eigenvalue weighted by atomic mass is 9.84. The quantitative estimate of drug-likeness (QED) is 0.657. The number of aliphatic carboxylic acids is 1. The lowest BCUT2D eigenvalue weighted by Gasteiger charge is -2.21. The first-order valence-electron chi connectivity index (χ1n) is 7.96. The van der Waals surface area contributed by atoms with E-state index >= 15 is 0 Å². The van der Waals surface area contributed by atoms with E-state index in [1.807, 2.05) is 0 Å². The molecule has 4 N–H and O–H groups in total. The predicted molar refractivity (Wildman–Crippen MR) is 90.3 cm³/mol. The van der Waals surface area contributed by atoms with E-state index in [2.05, 4.69) is 12.2 Å². The monoisotopic (exact) mass is 354 g/mol. The molecule has 0 spiro atoms. The van der Waals surface area contributed by atoms with Gasteiger partial charge in [0.15, 0.2) is 0 Å². The van der Waals surface area contributed by atoms with Crippen LogP contribution in [0.2, 0.25) is 0 Å². The van der Waals surface area contributed by atoms with Crippen molar-refractivity contribution in [1.29, 1.82) is 0 Å². The molecular weight excluding hydrogens is 332 g/mol. The molecule has 1 atom stereocenters. The van der Waals surface area contributed by atoms with Crippen LogP contribution in [0, 0.1) is 5.92 Å². The van der Waals surface area contributed by atoms with Gasteiger partial charge in [-0.1, -0.05) is 19.8 Å². The Morgan fingerprint density at radius 2 is 2.12 bits per heavy atom.